The van der Waals surface area contributed by atoms with E-state index in [-0.39, 0.29) is 5.97 Å². The van der Waals surface area contributed by atoms with Gasteiger partial charge in [-0.1, -0.05) is 24.8 Å². The molecule has 1 heterocycles. The van der Waals surface area contributed by atoms with Crippen LogP contribution in [-0.4, -0.2) is 20.7 Å². The first-order valence-corrected chi connectivity index (χ1v) is 7.76. The Morgan fingerprint density at radius 2 is 2.17 bits per heavy atom. The molecule has 1 fully saturated rings. The fourth-order valence-electron chi connectivity index (χ4n) is 1.35. The van der Waals surface area contributed by atoms with E-state index in [0.29, 0.717) is 18.9 Å². The molecule has 0 bridgehead atoms. The third-order valence-corrected chi connectivity index (χ3v) is 4.65. The molecule has 0 aliphatic carbocycles. The summed E-state index contributed by atoms with van der Waals surface area (Å²) in [5, 5.41) is 1.26. The van der Waals surface area contributed by atoms with Gasteiger partial charge in [0.2, 0.25) is 0 Å². The van der Waals surface area contributed by atoms with E-state index in [1.165, 1.54) is 5.20 Å². The largest absolute Gasteiger partial charge is 0.465 e. The van der Waals surface area contributed by atoms with Crippen molar-refractivity contribution in [2.24, 2.45) is 5.92 Å². The fraction of sp³-hybridized carbons (Fsp3) is 0.667. The molecule has 1 saturated heterocycles. The van der Waals surface area contributed by atoms with Crippen LogP contribution < -0.4 is 0 Å². The SMILES string of the molecule is C=C(C1COC(=O)C1)[Si](C)(C)C. The summed E-state index contributed by atoms with van der Waals surface area (Å²) >= 11 is 0. The molecule has 0 aromatic rings. The number of cyclic esters (lactones) is 1. The summed E-state index contributed by atoms with van der Waals surface area (Å²) in [6.07, 6.45) is 0.545. The normalized spacial score (nSPS) is 23.9. The third-order valence-electron chi connectivity index (χ3n) is 2.31. The molecule has 0 saturated carbocycles. The van der Waals surface area contributed by atoms with Crippen LogP contribution in [0.25, 0.3) is 0 Å². The minimum Gasteiger partial charge on any atom is -0.465 e. The molecule has 0 aromatic carbocycles. The first-order chi connectivity index (χ1) is 5.41. The lowest BCUT2D eigenvalue weighted by Crippen LogP contribution is -2.28. The molecule has 3 heteroatoms. The minimum atomic E-state index is -1.28. The highest BCUT2D eigenvalue weighted by Gasteiger charge is 2.32. The Balaban J connectivity index is 2.61. The second-order valence-electron chi connectivity index (χ2n) is 4.36. The smallest absolute Gasteiger partial charge is 0.306 e. The Hall–Kier alpha value is -0.573. The van der Waals surface area contributed by atoms with Gasteiger partial charge < -0.3 is 4.74 Å². The molecule has 0 amide bonds. The summed E-state index contributed by atoms with van der Waals surface area (Å²) in [6, 6.07) is 0. The molecule has 1 unspecified atom stereocenters. The third kappa shape index (κ3) is 1.97. The van der Waals surface area contributed by atoms with Crippen molar-refractivity contribution in [1.29, 1.82) is 0 Å². The average molecular weight is 184 g/mol. The predicted molar refractivity (Wildman–Crippen MR) is 51.6 cm³/mol. The quantitative estimate of drug-likeness (QED) is 0.484. The van der Waals surface area contributed by atoms with Crippen molar-refractivity contribution >= 4 is 14.0 Å². The summed E-state index contributed by atoms with van der Waals surface area (Å²) in [5.74, 6) is 0.226. The Labute approximate surface area is 74.6 Å². The number of carbonyl (C=O) groups is 1. The van der Waals surface area contributed by atoms with E-state index in [2.05, 4.69) is 26.2 Å². The standard InChI is InChI=1S/C9H16O2Si/c1-7(12(2,3)4)8-5-9(10)11-6-8/h8H,1,5-6H2,2-4H3. The van der Waals surface area contributed by atoms with Crippen molar-refractivity contribution < 1.29 is 9.53 Å². The van der Waals surface area contributed by atoms with E-state index < -0.39 is 8.07 Å². The minimum absolute atomic E-state index is 0.0700. The molecular weight excluding hydrogens is 168 g/mol. The highest BCUT2D eigenvalue weighted by molar-refractivity contribution is 6.83. The molecular formula is C9H16O2Si. The number of esters is 1. The molecule has 0 radical (unpaired) electrons. The number of ether oxygens (including phenoxy) is 1. The topological polar surface area (TPSA) is 26.3 Å². The van der Waals surface area contributed by atoms with Crippen LogP contribution in [0.5, 0.6) is 0 Å². The van der Waals surface area contributed by atoms with Crippen LogP contribution >= 0.6 is 0 Å². The molecule has 1 aliphatic rings. The van der Waals surface area contributed by atoms with Crippen molar-refractivity contribution in [3.05, 3.63) is 11.8 Å². The van der Waals surface area contributed by atoms with Crippen LogP contribution in [0, 0.1) is 5.92 Å². The molecule has 0 aromatic heterocycles. The second-order valence-corrected chi connectivity index (χ2v) is 9.50. The number of hydrogen-bond donors (Lipinski definition) is 0. The van der Waals surface area contributed by atoms with Crippen LogP contribution in [0.1, 0.15) is 6.42 Å². The van der Waals surface area contributed by atoms with Crippen LogP contribution in [0.4, 0.5) is 0 Å². The molecule has 2 nitrogen and oxygen atoms in total. The monoisotopic (exact) mass is 184 g/mol. The zero-order valence-electron chi connectivity index (χ0n) is 8.02. The molecule has 1 aliphatic heterocycles. The second kappa shape index (κ2) is 3.05. The summed E-state index contributed by atoms with van der Waals surface area (Å²) in [7, 11) is -1.28. The molecule has 68 valence electrons. The van der Waals surface area contributed by atoms with E-state index in [4.69, 9.17) is 4.74 Å². The van der Waals surface area contributed by atoms with Gasteiger partial charge in [-0.05, 0) is 0 Å². The van der Waals surface area contributed by atoms with Crippen molar-refractivity contribution in [2.45, 2.75) is 26.1 Å². The van der Waals surface area contributed by atoms with E-state index in [1.807, 2.05) is 0 Å². The zero-order valence-corrected chi connectivity index (χ0v) is 9.02. The number of rotatable bonds is 2. The van der Waals surface area contributed by atoms with Gasteiger partial charge in [-0.15, -0.1) is 6.58 Å². The van der Waals surface area contributed by atoms with Crippen LogP contribution in [0.3, 0.4) is 0 Å². The maximum Gasteiger partial charge on any atom is 0.306 e. The predicted octanol–water partition coefficient (Wildman–Crippen LogP) is 1.98. The van der Waals surface area contributed by atoms with Gasteiger partial charge in [0.1, 0.15) is 0 Å². The summed E-state index contributed by atoms with van der Waals surface area (Å²) in [6.45, 7) is 11.4. The van der Waals surface area contributed by atoms with Crippen LogP contribution in [-0.2, 0) is 9.53 Å². The van der Waals surface area contributed by atoms with Gasteiger partial charge in [0.15, 0.2) is 0 Å². The highest BCUT2D eigenvalue weighted by atomic mass is 28.3. The van der Waals surface area contributed by atoms with Gasteiger partial charge in [0.05, 0.1) is 21.1 Å². The number of carbonyl (C=O) groups excluding carboxylic acids is 1. The Morgan fingerprint density at radius 1 is 1.58 bits per heavy atom. The van der Waals surface area contributed by atoms with Crippen molar-refractivity contribution in [2.75, 3.05) is 6.61 Å². The average Bonchev–Trinajstić information content (AvgIpc) is 2.32. The van der Waals surface area contributed by atoms with Crippen LogP contribution in [0.15, 0.2) is 11.8 Å². The lowest BCUT2D eigenvalue weighted by molar-refractivity contribution is -0.137. The van der Waals surface area contributed by atoms with Gasteiger partial charge >= 0.3 is 5.97 Å². The lowest BCUT2D eigenvalue weighted by Gasteiger charge is -2.23. The van der Waals surface area contributed by atoms with Crippen molar-refractivity contribution in [3.63, 3.8) is 0 Å². The summed E-state index contributed by atoms with van der Waals surface area (Å²) in [5.41, 5.74) is 0. The van der Waals surface area contributed by atoms with Crippen LogP contribution in [0.2, 0.25) is 19.6 Å². The van der Waals surface area contributed by atoms with Crippen molar-refractivity contribution in [3.8, 4) is 0 Å². The molecule has 0 N–H and O–H groups in total. The maximum absolute atomic E-state index is 10.8. The van der Waals surface area contributed by atoms with Gasteiger partial charge in [0.25, 0.3) is 0 Å². The summed E-state index contributed by atoms with van der Waals surface area (Å²) in [4.78, 5) is 10.8. The number of hydrogen-bond acceptors (Lipinski definition) is 2. The first kappa shape index (κ1) is 9.51. The van der Waals surface area contributed by atoms with Crippen molar-refractivity contribution in [1.82, 2.24) is 0 Å². The van der Waals surface area contributed by atoms with E-state index in [9.17, 15) is 4.79 Å². The molecule has 1 rings (SSSR count). The first-order valence-electron chi connectivity index (χ1n) is 4.26. The van der Waals surface area contributed by atoms with Gasteiger partial charge in [-0.2, -0.15) is 0 Å². The Bertz CT molecular complexity index is 215. The van der Waals surface area contributed by atoms with Gasteiger partial charge in [-0.3, -0.25) is 4.79 Å². The Kier molecular flexibility index (Phi) is 2.42. The molecule has 12 heavy (non-hydrogen) atoms. The van der Waals surface area contributed by atoms with Gasteiger partial charge in [-0.25, -0.2) is 0 Å². The molecule has 1 atom stereocenters. The summed E-state index contributed by atoms with van der Waals surface area (Å²) < 4.78 is 4.90. The zero-order chi connectivity index (χ0) is 9.35. The Morgan fingerprint density at radius 3 is 2.50 bits per heavy atom. The van der Waals surface area contributed by atoms with E-state index in [1.54, 1.807) is 0 Å². The lowest BCUT2D eigenvalue weighted by atomic mass is 10.1. The van der Waals surface area contributed by atoms with E-state index >= 15 is 0 Å². The molecule has 0 spiro atoms. The van der Waals surface area contributed by atoms with Gasteiger partial charge in [0, 0.05) is 5.92 Å². The van der Waals surface area contributed by atoms with E-state index in [0.717, 1.165) is 0 Å². The fourth-order valence-corrected chi connectivity index (χ4v) is 2.76. The maximum atomic E-state index is 10.8. The highest BCUT2D eigenvalue weighted by Crippen LogP contribution is 2.27.